The van der Waals surface area contributed by atoms with Crippen molar-refractivity contribution in [2.24, 2.45) is 17.8 Å². The number of benzene rings is 2. The molecule has 0 heterocycles. The van der Waals surface area contributed by atoms with Gasteiger partial charge in [-0.2, -0.15) is 0 Å². The maximum atomic E-state index is 14.9. The lowest BCUT2D eigenvalue weighted by molar-refractivity contribution is 0.113. The fraction of sp³-hybridized carbons (Fsp3) is 0.600. The van der Waals surface area contributed by atoms with Crippen LogP contribution in [0.1, 0.15) is 101 Å². The zero-order valence-corrected chi connectivity index (χ0v) is 19.9. The van der Waals surface area contributed by atoms with Gasteiger partial charge in [-0.3, -0.25) is 0 Å². The molecule has 0 aromatic heterocycles. The molecule has 2 aliphatic rings. The van der Waals surface area contributed by atoms with E-state index in [1.807, 2.05) is 6.07 Å². The van der Waals surface area contributed by atoms with E-state index in [2.05, 4.69) is 25.6 Å². The molecular weight excluding hydrogens is 398 g/mol. The second kappa shape index (κ2) is 10.9. The molecule has 0 aliphatic heterocycles. The summed E-state index contributed by atoms with van der Waals surface area (Å²) in [5, 5.41) is 1.25. The Balaban J connectivity index is 1.41. The summed E-state index contributed by atoms with van der Waals surface area (Å²) >= 11 is 0. The quantitative estimate of drug-likeness (QED) is 0.270. The molecule has 4 unspecified atom stereocenters. The minimum atomic E-state index is -0.421. The Bertz CT molecular complexity index is 915. The van der Waals surface area contributed by atoms with Crippen LogP contribution in [0.15, 0.2) is 36.9 Å². The van der Waals surface area contributed by atoms with E-state index >= 15 is 0 Å². The number of halogens is 2. The number of rotatable bonds is 9. The van der Waals surface area contributed by atoms with Gasteiger partial charge in [0.25, 0.3) is 0 Å². The third kappa shape index (κ3) is 5.26. The van der Waals surface area contributed by atoms with Crippen LogP contribution in [0.4, 0.5) is 8.78 Å². The maximum absolute atomic E-state index is 14.9. The highest BCUT2D eigenvalue weighted by Crippen LogP contribution is 2.48. The van der Waals surface area contributed by atoms with Crippen molar-refractivity contribution in [3.8, 4) is 0 Å². The average Bonchev–Trinajstić information content (AvgIpc) is 2.81. The Morgan fingerprint density at radius 3 is 2.59 bits per heavy atom. The van der Waals surface area contributed by atoms with E-state index in [9.17, 15) is 8.78 Å². The molecule has 2 fully saturated rings. The molecule has 4 rings (SSSR count). The van der Waals surface area contributed by atoms with Gasteiger partial charge in [0, 0.05) is 10.9 Å². The first-order chi connectivity index (χ1) is 15.6. The third-order valence-corrected chi connectivity index (χ3v) is 8.40. The minimum Gasteiger partial charge on any atom is -0.207 e. The first-order valence-corrected chi connectivity index (χ1v) is 13.1. The zero-order chi connectivity index (χ0) is 22.5. The van der Waals surface area contributed by atoms with Crippen LogP contribution in [0, 0.1) is 29.4 Å². The molecule has 174 valence electrons. The van der Waals surface area contributed by atoms with Gasteiger partial charge in [-0.15, -0.1) is 6.58 Å². The Morgan fingerprint density at radius 2 is 1.78 bits per heavy atom. The van der Waals surface area contributed by atoms with Gasteiger partial charge in [-0.25, -0.2) is 8.78 Å². The molecule has 0 N–H and O–H groups in total. The maximum Gasteiger partial charge on any atom is 0.137 e. The monoisotopic (exact) mass is 438 g/mol. The first-order valence-electron chi connectivity index (χ1n) is 13.1. The van der Waals surface area contributed by atoms with Gasteiger partial charge in [0.2, 0.25) is 0 Å². The topological polar surface area (TPSA) is 0 Å². The first kappa shape index (κ1) is 23.5. The summed E-state index contributed by atoms with van der Waals surface area (Å²) in [6, 6.07) is 7.58. The summed E-state index contributed by atoms with van der Waals surface area (Å²) < 4.78 is 29.5. The molecular formula is C30H40F2. The smallest absolute Gasteiger partial charge is 0.137 e. The molecule has 32 heavy (non-hydrogen) atoms. The Labute approximate surface area is 193 Å². The molecule has 2 saturated carbocycles. The standard InChI is InChI=1S/C30H40F2/c1-3-5-7-8-9-21-11-12-23-18-24(14-13-22(23)17-21)25-15-16-27-26(19-25)20-29(31)28(30(27)32)10-6-4-2/h4,15-16,19-24H,2-3,5-14,17-18H2,1H3. The van der Waals surface area contributed by atoms with Crippen LogP contribution in [-0.4, -0.2) is 0 Å². The highest BCUT2D eigenvalue weighted by atomic mass is 19.1. The molecule has 2 aromatic rings. The number of hydrogen-bond acceptors (Lipinski definition) is 0. The van der Waals surface area contributed by atoms with E-state index in [1.54, 1.807) is 6.08 Å². The van der Waals surface area contributed by atoms with Crippen molar-refractivity contribution in [2.45, 2.75) is 96.3 Å². The summed E-state index contributed by atoms with van der Waals surface area (Å²) in [7, 11) is 0. The van der Waals surface area contributed by atoms with Crippen LogP contribution in [0.25, 0.3) is 10.8 Å². The SMILES string of the molecule is C=CCCc1c(F)cc2cc(C3CCC4CC(CCCCCC)CCC4C3)ccc2c1F. The predicted octanol–water partition coefficient (Wildman–Crippen LogP) is 9.51. The van der Waals surface area contributed by atoms with Crippen molar-refractivity contribution in [3.05, 3.63) is 59.7 Å². The summed E-state index contributed by atoms with van der Waals surface area (Å²) in [4.78, 5) is 0. The number of fused-ring (bicyclic) bond motifs is 2. The summed E-state index contributed by atoms with van der Waals surface area (Å²) in [6.07, 6.45) is 17.6. The second-order valence-electron chi connectivity index (χ2n) is 10.5. The lowest BCUT2D eigenvalue weighted by Crippen LogP contribution is -2.30. The Morgan fingerprint density at radius 1 is 0.969 bits per heavy atom. The molecule has 0 nitrogen and oxygen atoms in total. The van der Waals surface area contributed by atoms with Crippen LogP contribution >= 0.6 is 0 Å². The van der Waals surface area contributed by atoms with E-state index in [0.717, 1.165) is 17.8 Å². The highest BCUT2D eigenvalue weighted by molar-refractivity contribution is 5.85. The molecule has 0 spiro atoms. The summed E-state index contributed by atoms with van der Waals surface area (Å²) in [5.41, 5.74) is 1.47. The van der Waals surface area contributed by atoms with Crippen molar-refractivity contribution in [2.75, 3.05) is 0 Å². The van der Waals surface area contributed by atoms with Gasteiger partial charge < -0.3 is 0 Å². The number of hydrogen-bond donors (Lipinski definition) is 0. The van der Waals surface area contributed by atoms with Gasteiger partial charge in [0.1, 0.15) is 11.6 Å². The van der Waals surface area contributed by atoms with Gasteiger partial charge in [0.05, 0.1) is 0 Å². The molecule has 4 atom stereocenters. The number of allylic oxidation sites excluding steroid dienone is 1. The summed E-state index contributed by atoms with van der Waals surface area (Å²) in [5.74, 6) is 2.41. The van der Waals surface area contributed by atoms with Crippen molar-refractivity contribution in [3.63, 3.8) is 0 Å². The fourth-order valence-electron chi connectivity index (χ4n) is 6.53. The van der Waals surface area contributed by atoms with E-state index in [0.29, 0.717) is 29.5 Å². The Kier molecular flexibility index (Phi) is 8.02. The molecule has 0 bridgehead atoms. The summed E-state index contributed by atoms with van der Waals surface area (Å²) in [6.45, 7) is 5.95. The van der Waals surface area contributed by atoms with Crippen molar-refractivity contribution >= 4 is 10.8 Å². The van der Waals surface area contributed by atoms with Gasteiger partial charge in [-0.1, -0.05) is 69.7 Å². The van der Waals surface area contributed by atoms with Gasteiger partial charge >= 0.3 is 0 Å². The molecule has 0 saturated heterocycles. The average molecular weight is 439 g/mol. The third-order valence-electron chi connectivity index (χ3n) is 8.40. The van der Waals surface area contributed by atoms with Crippen molar-refractivity contribution in [1.29, 1.82) is 0 Å². The van der Waals surface area contributed by atoms with Crippen LogP contribution in [0.5, 0.6) is 0 Å². The molecule has 0 amide bonds. The van der Waals surface area contributed by atoms with E-state index in [-0.39, 0.29) is 5.56 Å². The van der Waals surface area contributed by atoms with Gasteiger partial charge in [-0.05, 0) is 85.6 Å². The van der Waals surface area contributed by atoms with Crippen LogP contribution in [0.2, 0.25) is 0 Å². The van der Waals surface area contributed by atoms with Crippen LogP contribution < -0.4 is 0 Å². The fourth-order valence-corrected chi connectivity index (χ4v) is 6.53. The van der Waals surface area contributed by atoms with Crippen molar-refractivity contribution in [1.82, 2.24) is 0 Å². The zero-order valence-electron chi connectivity index (χ0n) is 19.9. The largest absolute Gasteiger partial charge is 0.207 e. The molecule has 2 aromatic carbocycles. The lowest BCUT2D eigenvalue weighted by atomic mass is 9.63. The van der Waals surface area contributed by atoms with E-state index in [1.165, 1.54) is 82.3 Å². The van der Waals surface area contributed by atoms with E-state index in [4.69, 9.17) is 0 Å². The van der Waals surface area contributed by atoms with Crippen molar-refractivity contribution < 1.29 is 8.78 Å². The van der Waals surface area contributed by atoms with Crippen LogP contribution in [0.3, 0.4) is 0 Å². The number of unbranched alkanes of at least 4 members (excludes halogenated alkanes) is 3. The Hall–Kier alpha value is -1.70. The van der Waals surface area contributed by atoms with Gasteiger partial charge in [0.15, 0.2) is 0 Å². The lowest BCUT2D eigenvalue weighted by Gasteiger charge is -2.42. The predicted molar refractivity (Wildman–Crippen MR) is 132 cm³/mol. The minimum absolute atomic E-state index is 0.192. The molecule has 0 radical (unpaired) electrons. The second-order valence-corrected chi connectivity index (χ2v) is 10.5. The van der Waals surface area contributed by atoms with E-state index < -0.39 is 11.6 Å². The molecule has 2 heteroatoms. The normalized spacial score (nSPS) is 25.6. The van der Waals surface area contributed by atoms with Crippen LogP contribution in [-0.2, 0) is 6.42 Å². The molecule has 2 aliphatic carbocycles. The highest BCUT2D eigenvalue weighted by Gasteiger charge is 2.35.